The van der Waals surface area contributed by atoms with Gasteiger partial charge in [-0.25, -0.2) is 0 Å². The summed E-state index contributed by atoms with van der Waals surface area (Å²) in [7, 11) is 0. The third-order valence-electron chi connectivity index (χ3n) is 2.53. The van der Waals surface area contributed by atoms with Crippen molar-refractivity contribution in [2.75, 3.05) is 6.61 Å². The highest BCUT2D eigenvalue weighted by Crippen LogP contribution is 2.14. The normalized spacial score (nSPS) is 12.1. The minimum Gasteiger partial charge on any atom is -0.501 e. The fourth-order valence-corrected chi connectivity index (χ4v) is 1.62. The monoisotopic (exact) mass is 260 g/mol. The van der Waals surface area contributed by atoms with Gasteiger partial charge in [-0.3, -0.25) is 4.79 Å². The van der Waals surface area contributed by atoms with E-state index < -0.39 is 0 Å². The number of hydrogen-bond acceptors (Lipinski definition) is 3. The Bertz CT molecular complexity index is 435. The molecular formula is C16H20O3. The van der Waals surface area contributed by atoms with E-state index >= 15 is 0 Å². The summed E-state index contributed by atoms with van der Waals surface area (Å²) in [4.78, 5) is 11.2. The molecule has 0 amide bonds. The van der Waals surface area contributed by atoms with E-state index in [9.17, 15) is 4.79 Å². The molecule has 0 aliphatic carbocycles. The van der Waals surface area contributed by atoms with Crippen LogP contribution in [0.5, 0.6) is 0 Å². The van der Waals surface area contributed by atoms with Gasteiger partial charge in [0, 0.05) is 13.3 Å². The number of benzene rings is 1. The Labute approximate surface area is 114 Å². The van der Waals surface area contributed by atoms with Gasteiger partial charge in [0.2, 0.25) is 0 Å². The van der Waals surface area contributed by atoms with E-state index in [0.717, 1.165) is 5.56 Å². The van der Waals surface area contributed by atoms with Crippen LogP contribution in [0.3, 0.4) is 0 Å². The summed E-state index contributed by atoms with van der Waals surface area (Å²) < 4.78 is 10.4. The van der Waals surface area contributed by atoms with Crippen molar-refractivity contribution < 1.29 is 14.3 Å². The van der Waals surface area contributed by atoms with Crippen molar-refractivity contribution in [1.29, 1.82) is 0 Å². The van der Waals surface area contributed by atoms with Gasteiger partial charge in [-0.15, -0.1) is 0 Å². The first-order valence-corrected chi connectivity index (χ1v) is 6.31. The van der Waals surface area contributed by atoms with Crippen molar-refractivity contribution in [2.24, 2.45) is 0 Å². The molecule has 1 aromatic rings. The maximum absolute atomic E-state index is 11.2. The Morgan fingerprint density at radius 1 is 1.37 bits per heavy atom. The zero-order valence-corrected chi connectivity index (χ0v) is 11.5. The van der Waals surface area contributed by atoms with Gasteiger partial charge in [0.25, 0.3) is 0 Å². The van der Waals surface area contributed by atoms with Crippen LogP contribution in [0.15, 0.2) is 54.8 Å². The number of carbonyl (C=O) groups excluding carboxylic acids is 1. The van der Waals surface area contributed by atoms with Gasteiger partial charge in [0.1, 0.15) is 6.10 Å². The maximum Gasteiger partial charge on any atom is 0.303 e. The molecule has 0 saturated heterocycles. The summed E-state index contributed by atoms with van der Waals surface area (Å²) in [6.07, 6.45) is 3.55. The van der Waals surface area contributed by atoms with Crippen LogP contribution in [-0.2, 0) is 20.7 Å². The molecule has 0 spiro atoms. The molecule has 0 fully saturated rings. The fourth-order valence-electron chi connectivity index (χ4n) is 1.62. The summed E-state index contributed by atoms with van der Waals surface area (Å²) in [6.45, 7) is 7.83. The van der Waals surface area contributed by atoms with Crippen LogP contribution >= 0.6 is 0 Å². The molecule has 102 valence electrons. The highest BCUT2D eigenvalue weighted by molar-refractivity contribution is 5.66. The summed E-state index contributed by atoms with van der Waals surface area (Å²) in [5.74, 6) is -0.313. The molecule has 0 heterocycles. The van der Waals surface area contributed by atoms with Crippen molar-refractivity contribution in [3.8, 4) is 0 Å². The lowest BCUT2D eigenvalue weighted by Crippen LogP contribution is -2.20. The largest absolute Gasteiger partial charge is 0.501 e. The predicted molar refractivity (Wildman–Crippen MR) is 75.6 cm³/mol. The zero-order chi connectivity index (χ0) is 14.1. The Balaban J connectivity index is 2.71. The Morgan fingerprint density at radius 2 is 2.05 bits per heavy atom. The van der Waals surface area contributed by atoms with Crippen molar-refractivity contribution in [2.45, 2.75) is 26.4 Å². The highest BCUT2D eigenvalue weighted by Gasteiger charge is 2.15. The molecule has 0 radical (unpaired) electrons. The van der Waals surface area contributed by atoms with Gasteiger partial charge in [-0.1, -0.05) is 36.9 Å². The first kappa shape index (κ1) is 15.0. The molecule has 0 N–H and O–H groups in total. The van der Waals surface area contributed by atoms with E-state index in [2.05, 4.69) is 6.58 Å². The molecule has 1 unspecified atom stereocenters. The summed E-state index contributed by atoms with van der Waals surface area (Å²) in [5.41, 5.74) is 1.81. The standard InChI is InChI=1S/C16H20O3/c1-4-18-11-10-13(2)16(19-14(3)17)12-15-8-6-5-7-9-15/h5-11,16H,2,4,12H2,1,3H3/b11-10+. The predicted octanol–water partition coefficient (Wildman–Crippen LogP) is 3.27. The Kier molecular flexibility index (Phi) is 6.44. The second kappa shape index (κ2) is 8.14. The SMILES string of the molecule is C=C(/C=C/OCC)C(Cc1ccccc1)OC(C)=O. The average Bonchev–Trinajstić information content (AvgIpc) is 2.39. The smallest absolute Gasteiger partial charge is 0.303 e. The minimum atomic E-state index is -0.364. The molecule has 19 heavy (non-hydrogen) atoms. The molecular weight excluding hydrogens is 240 g/mol. The van der Waals surface area contributed by atoms with E-state index in [1.54, 1.807) is 12.3 Å². The molecule has 3 nitrogen and oxygen atoms in total. The Morgan fingerprint density at radius 3 is 2.63 bits per heavy atom. The zero-order valence-electron chi connectivity index (χ0n) is 11.5. The van der Waals surface area contributed by atoms with Gasteiger partial charge in [-0.05, 0) is 24.1 Å². The van der Waals surface area contributed by atoms with E-state index in [4.69, 9.17) is 9.47 Å². The lowest BCUT2D eigenvalue weighted by Gasteiger charge is -2.17. The van der Waals surface area contributed by atoms with Crippen LogP contribution in [0, 0.1) is 0 Å². The van der Waals surface area contributed by atoms with Crippen LogP contribution in [0.1, 0.15) is 19.4 Å². The molecule has 0 bridgehead atoms. The first-order chi connectivity index (χ1) is 9.13. The highest BCUT2D eigenvalue weighted by atomic mass is 16.5. The van der Waals surface area contributed by atoms with Crippen molar-refractivity contribution >= 4 is 5.97 Å². The number of carbonyl (C=O) groups is 1. The van der Waals surface area contributed by atoms with Gasteiger partial charge >= 0.3 is 5.97 Å². The van der Waals surface area contributed by atoms with E-state index in [1.165, 1.54) is 6.92 Å². The van der Waals surface area contributed by atoms with E-state index in [1.807, 2.05) is 37.3 Å². The van der Waals surface area contributed by atoms with Crippen LogP contribution in [0.2, 0.25) is 0 Å². The topological polar surface area (TPSA) is 35.5 Å². The number of rotatable bonds is 7. The van der Waals surface area contributed by atoms with Crippen LogP contribution in [-0.4, -0.2) is 18.7 Å². The van der Waals surface area contributed by atoms with Gasteiger partial charge < -0.3 is 9.47 Å². The number of ether oxygens (including phenoxy) is 2. The van der Waals surface area contributed by atoms with Gasteiger partial charge in [0.05, 0.1) is 12.9 Å². The Hall–Kier alpha value is -2.03. The third-order valence-corrected chi connectivity index (χ3v) is 2.53. The minimum absolute atomic E-state index is 0.313. The van der Waals surface area contributed by atoms with Gasteiger partial charge in [-0.2, -0.15) is 0 Å². The molecule has 0 aliphatic heterocycles. The van der Waals surface area contributed by atoms with Crippen molar-refractivity contribution in [1.82, 2.24) is 0 Å². The number of esters is 1. The molecule has 0 aliphatic rings. The van der Waals surface area contributed by atoms with Crippen LogP contribution < -0.4 is 0 Å². The maximum atomic E-state index is 11.2. The fraction of sp³-hybridized carbons (Fsp3) is 0.312. The molecule has 1 rings (SSSR count). The first-order valence-electron chi connectivity index (χ1n) is 6.31. The van der Waals surface area contributed by atoms with Gasteiger partial charge in [0.15, 0.2) is 0 Å². The molecule has 3 heteroatoms. The second-order valence-electron chi connectivity index (χ2n) is 4.12. The van der Waals surface area contributed by atoms with Crippen molar-refractivity contribution in [3.05, 3.63) is 60.4 Å². The summed E-state index contributed by atoms with van der Waals surface area (Å²) >= 11 is 0. The lowest BCUT2D eigenvalue weighted by atomic mass is 10.0. The average molecular weight is 260 g/mol. The van der Waals surface area contributed by atoms with Crippen LogP contribution in [0.25, 0.3) is 0 Å². The molecule has 1 atom stereocenters. The molecule has 0 aromatic heterocycles. The van der Waals surface area contributed by atoms with Crippen LogP contribution in [0.4, 0.5) is 0 Å². The lowest BCUT2D eigenvalue weighted by molar-refractivity contribution is -0.144. The van der Waals surface area contributed by atoms with E-state index in [0.29, 0.717) is 18.6 Å². The van der Waals surface area contributed by atoms with Crippen molar-refractivity contribution in [3.63, 3.8) is 0 Å². The second-order valence-corrected chi connectivity index (χ2v) is 4.12. The number of hydrogen-bond donors (Lipinski definition) is 0. The third kappa shape index (κ3) is 5.91. The molecule has 0 saturated carbocycles. The summed E-state index contributed by atoms with van der Waals surface area (Å²) in [5, 5.41) is 0. The quantitative estimate of drug-likeness (QED) is 0.429. The van der Waals surface area contributed by atoms with E-state index in [-0.39, 0.29) is 12.1 Å². The summed E-state index contributed by atoms with van der Waals surface area (Å²) in [6, 6.07) is 9.86. The molecule has 1 aromatic carbocycles.